The molecule has 0 aliphatic carbocycles. The molecule has 0 saturated heterocycles. The van der Waals surface area contributed by atoms with Gasteiger partial charge in [-0.25, -0.2) is 0 Å². The molecule has 1 amide bonds. The minimum Gasteiger partial charge on any atom is -0.375 e. The summed E-state index contributed by atoms with van der Waals surface area (Å²) in [6.45, 7) is 3.22. The number of carbonyl (C=O) groups excluding carboxylic acids is 1. The van der Waals surface area contributed by atoms with Crippen LogP contribution in [-0.4, -0.2) is 40.9 Å². The van der Waals surface area contributed by atoms with Gasteiger partial charge >= 0.3 is 0 Å². The van der Waals surface area contributed by atoms with Crippen molar-refractivity contribution in [2.45, 2.75) is 19.9 Å². The van der Waals surface area contributed by atoms with Crippen molar-refractivity contribution in [2.75, 3.05) is 20.3 Å². The van der Waals surface area contributed by atoms with Crippen molar-refractivity contribution in [3.05, 3.63) is 10.6 Å². The number of aromatic nitrogens is 3. The number of ether oxygens (including phenoxy) is 1. The van der Waals surface area contributed by atoms with E-state index >= 15 is 0 Å². The average molecular weight is 244 g/mol. The first-order chi connectivity index (χ1) is 7.69. The lowest BCUT2D eigenvalue weighted by Crippen LogP contribution is -2.30. The Morgan fingerprint density at radius 2 is 2.44 bits per heavy atom. The zero-order chi connectivity index (χ0) is 12.0. The number of hydrogen-bond donors (Lipinski definition) is 2. The van der Waals surface area contributed by atoms with Crippen LogP contribution in [-0.2, 0) is 22.5 Å². The van der Waals surface area contributed by atoms with Gasteiger partial charge in [0.05, 0.1) is 0 Å². The van der Waals surface area contributed by atoms with E-state index in [1.807, 2.05) is 11.5 Å². The Labute approximate surface area is 99.0 Å². The Morgan fingerprint density at radius 1 is 1.69 bits per heavy atom. The highest BCUT2D eigenvalue weighted by atomic mass is 32.1. The molecule has 1 rings (SSSR count). The van der Waals surface area contributed by atoms with Gasteiger partial charge < -0.3 is 14.6 Å². The number of nitrogens with one attached hydrogen (secondary N) is 2. The summed E-state index contributed by atoms with van der Waals surface area (Å²) in [6, 6.07) is 0. The number of rotatable bonds is 6. The maximum Gasteiger partial charge on any atom is 0.246 e. The highest BCUT2D eigenvalue weighted by Crippen LogP contribution is 1.97. The molecule has 0 radical (unpaired) electrons. The summed E-state index contributed by atoms with van der Waals surface area (Å²) in [5, 5.41) is 9.53. The van der Waals surface area contributed by atoms with Crippen LogP contribution in [0.4, 0.5) is 0 Å². The zero-order valence-electron chi connectivity index (χ0n) is 9.45. The highest BCUT2D eigenvalue weighted by molar-refractivity contribution is 7.71. The molecular weight excluding hydrogens is 228 g/mol. The van der Waals surface area contributed by atoms with Gasteiger partial charge in [0.1, 0.15) is 12.4 Å². The normalized spacial score (nSPS) is 10.4. The second kappa shape index (κ2) is 6.39. The van der Waals surface area contributed by atoms with Gasteiger partial charge in [-0.1, -0.05) is 6.92 Å². The Bertz CT molecular complexity index is 398. The first-order valence-corrected chi connectivity index (χ1v) is 5.49. The fourth-order valence-corrected chi connectivity index (χ4v) is 1.58. The van der Waals surface area contributed by atoms with E-state index < -0.39 is 0 Å². The largest absolute Gasteiger partial charge is 0.375 e. The van der Waals surface area contributed by atoms with E-state index in [4.69, 9.17) is 17.0 Å². The molecule has 1 heterocycles. The van der Waals surface area contributed by atoms with Gasteiger partial charge in [-0.2, -0.15) is 5.10 Å². The number of aromatic amines is 1. The van der Waals surface area contributed by atoms with Crippen molar-refractivity contribution >= 4 is 18.1 Å². The lowest BCUT2D eigenvalue weighted by molar-refractivity contribution is -0.124. The molecule has 0 atom stereocenters. The van der Waals surface area contributed by atoms with Gasteiger partial charge in [0.25, 0.3) is 0 Å². The maximum atomic E-state index is 11.1. The van der Waals surface area contributed by atoms with Crippen LogP contribution < -0.4 is 5.32 Å². The SMILES string of the molecule is CCc1n[nH]c(=S)n1CCNC(=O)COC. The van der Waals surface area contributed by atoms with Crippen LogP contribution in [0.15, 0.2) is 0 Å². The molecule has 0 aliphatic heterocycles. The Hall–Kier alpha value is -1.21. The quantitative estimate of drug-likeness (QED) is 0.704. The van der Waals surface area contributed by atoms with Crippen LogP contribution in [0.1, 0.15) is 12.7 Å². The first kappa shape index (κ1) is 12.9. The fraction of sp³-hybridized carbons (Fsp3) is 0.667. The van der Waals surface area contributed by atoms with Gasteiger partial charge in [-0.05, 0) is 12.2 Å². The molecule has 0 fully saturated rings. The summed E-state index contributed by atoms with van der Waals surface area (Å²) in [4.78, 5) is 11.1. The van der Waals surface area contributed by atoms with Crippen LogP contribution in [0.25, 0.3) is 0 Å². The minimum atomic E-state index is -0.129. The van der Waals surface area contributed by atoms with E-state index in [2.05, 4.69) is 15.5 Å². The van der Waals surface area contributed by atoms with Crippen molar-refractivity contribution in [1.29, 1.82) is 0 Å². The zero-order valence-corrected chi connectivity index (χ0v) is 10.3. The lowest BCUT2D eigenvalue weighted by atomic mass is 10.4. The second-order valence-electron chi connectivity index (χ2n) is 3.23. The number of H-pyrrole nitrogens is 1. The van der Waals surface area contributed by atoms with Crippen LogP contribution in [0.3, 0.4) is 0 Å². The van der Waals surface area contributed by atoms with E-state index in [-0.39, 0.29) is 12.5 Å². The predicted molar refractivity (Wildman–Crippen MR) is 61.7 cm³/mol. The van der Waals surface area contributed by atoms with Crippen LogP contribution in [0.2, 0.25) is 0 Å². The molecule has 0 unspecified atom stereocenters. The molecule has 90 valence electrons. The number of nitrogens with zero attached hydrogens (tertiary/aromatic N) is 2. The molecule has 0 aromatic carbocycles. The highest BCUT2D eigenvalue weighted by Gasteiger charge is 2.04. The number of aryl methyl sites for hydroxylation is 1. The first-order valence-electron chi connectivity index (χ1n) is 5.08. The number of amides is 1. The Kier molecular flexibility index (Phi) is 5.13. The van der Waals surface area contributed by atoms with Gasteiger partial charge in [0.15, 0.2) is 4.77 Å². The summed E-state index contributed by atoms with van der Waals surface area (Å²) in [7, 11) is 1.49. The van der Waals surface area contributed by atoms with E-state index in [9.17, 15) is 4.79 Å². The molecule has 0 aliphatic rings. The fourth-order valence-electron chi connectivity index (χ4n) is 1.34. The molecule has 7 heteroatoms. The molecule has 0 saturated carbocycles. The molecule has 1 aromatic heterocycles. The van der Waals surface area contributed by atoms with Crippen LogP contribution >= 0.6 is 12.2 Å². The lowest BCUT2D eigenvalue weighted by Gasteiger charge is -2.06. The topological polar surface area (TPSA) is 71.9 Å². The summed E-state index contributed by atoms with van der Waals surface area (Å²) < 4.78 is 7.16. The van der Waals surface area contributed by atoms with E-state index in [1.54, 1.807) is 0 Å². The molecule has 0 spiro atoms. The third-order valence-electron chi connectivity index (χ3n) is 2.09. The standard InChI is InChI=1S/C9H16N4O2S/c1-3-7-11-12-9(16)13(7)5-4-10-8(14)6-15-2/h3-6H2,1-2H3,(H,10,14)(H,12,16). The van der Waals surface area contributed by atoms with E-state index in [0.29, 0.717) is 17.9 Å². The van der Waals surface area contributed by atoms with Gasteiger partial charge in [-0.3, -0.25) is 9.89 Å². The summed E-state index contributed by atoms with van der Waals surface area (Å²) >= 11 is 5.08. The Balaban J connectivity index is 2.45. The van der Waals surface area contributed by atoms with Crippen LogP contribution in [0.5, 0.6) is 0 Å². The average Bonchev–Trinajstić information content (AvgIpc) is 2.60. The van der Waals surface area contributed by atoms with Gasteiger partial charge in [-0.15, -0.1) is 0 Å². The summed E-state index contributed by atoms with van der Waals surface area (Å²) in [5.74, 6) is 0.765. The maximum absolute atomic E-state index is 11.1. The van der Waals surface area contributed by atoms with Crippen LogP contribution in [0, 0.1) is 4.77 Å². The third kappa shape index (κ3) is 3.42. The Morgan fingerprint density at radius 3 is 3.06 bits per heavy atom. The van der Waals surface area contributed by atoms with E-state index in [0.717, 1.165) is 12.2 Å². The molecular formula is C9H16N4O2S. The summed E-state index contributed by atoms with van der Waals surface area (Å²) in [5.41, 5.74) is 0. The molecule has 0 bridgehead atoms. The molecule has 1 aromatic rings. The van der Waals surface area contributed by atoms with Crippen molar-refractivity contribution in [3.8, 4) is 0 Å². The predicted octanol–water partition coefficient (Wildman–Crippen LogP) is 0.266. The minimum absolute atomic E-state index is 0.0808. The van der Waals surface area contributed by atoms with Crippen molar-refractivity contribution in [3.63, 3.8) is 0 Å². The second-order valence-corrected chi connectivity index (χ2v) is 3.62. The van der Waals surface area contributed by atoms with Crippen molar-refractivity contribution in [2.24, 2.45) is 0 Å². The number of hydrogen-bond acceptors (Lipinski definition) is 4. The molecule has 2 N–H and O–H groups in total. The van der Waals surface area contributed by atoms with E-state index in [1.165, 1.54) is 7.11 Å². The molecule has 6 nitrogen and oxygen atoms in total. The van der Waals surface area contributed by atoms with Crippen molar-refractivity contribution in [1.82, 2.24) is 20.1 Å². The van der Waals surface area contributed by atoms with Gasteiger partial charge in [0, 0.05) is 26.6 Å². The monoisotopic (exact) mass is 244 g/mol. The smallest absolute Gasteiger partial charge is 0.246 e. The molecule has 16 heavy (non-hydrogen) atoms. The van der Waals surface area contributed by atoms with Gasteiger partial charge in [0.2, 0.25) is 5.91 Å². The number of carbonyl (C=O) groups is 1. The third-order valence-corrected chi connectivity index (χ3v) is 2.40. The number of methoxy groups -OCH3 is 1. The van der Waals surface area contributed by atoms with Crippen molar-refractivity contribution < 1.29 is 9.53 Å². The summed E-state index contributed by atoms with van der Waals surface area (Å²) in [6.07, 6.45) is 0.805.